The van der Waals surface area contributed by atoms with Crippen LogP contribution >= 0.6 is 11.3 Å². The highest BCUT2D eigenvalue weighted by Crippen LogP contribution is 2.30. The van der Waals surface area contributed by atoms with Gasteiger partial charge in [-0.15, -0.1) is 11.3 Å². The average molecular weight is 386 g/mol. The largest absolute Gasteiger partial charge is 0.348 e. The highest BCUT2D eigenvalue weighted by atomic mass is 32.1. The zero-order valence-corrected chi connectivity index (χ0v) is 17.4. The molecule has 1 amide bonds. The van der Waals surface area contributed by atoms with Crippen LogP contribution in [0, 0.1) is 5.92 Å². The number of hydrogen-bond acceptors (Lipinski definition) is 4. The van der Waals surface area contributed by atoms with Gasteiger partial charge in [-0.1, -0.05) is 38.8 Å². The molecule has 0 aliphatic carbocycles. The van der Waals surface area contributed by atoms with E-state index in [0.717, 1.165) is 60.8 Å². The number of piperidine rings is 1. The Hall–Kier alpha value is -1.88. The van der Waals surface area contributed by atoms with Crippen LogP contribution in [0.4, 0.5) is 10.8 Å². The molecule has 0 spiro atoms. The van der Waals surface area contributed by atoms with Crippen molar-refractivity contribution in [1.82, 2.24) is 4.98 Å². The molecular formula is C22H31N3OS. The van der Waals surface area contributed by atoms with Gasteiger partial charge in [-0.3, -0.25) is 4.79 Å². The van der Waals surface area contributed by atoms with Crippen molar-refractivity contribution in [1.29, 1.82) is 0 Å². The number of aromatic nitrogens is 1. The van der Waals surface area contributed by atoms with Crippen LogP contribution in [0.25, 0.3) is 11.3 Å². The summed E-state index contributed by atoms with van der Waals surface area (Å²) in [6.45, 7) is 6.48. The van der Waals surface area contributed by atoms with Crippen LogP contribution in [-0.2, 0) is 4.79 Å². The number of unbranched alkanes of at least 4 members (excludes halogenated alkanes) is 1. The third kappa shape index (κ3) is 5.32. The van der Waals surface area contributed by atoms with Crippen LogP contribution in [-0.4, -0.2) is 24.0 Å². The van der Waals surface area contributed by atoms with E-state index >= 15 is 0 Å². The predicted molar refractivity (Wildman–Crippen MR) is 116 cm³/mol. The maximum Gasteiger partial charge on any atom is 0.227 e. The molecule has 1 atom stereocenters. The van der Waals surface area contributed by atoms with Crippen molar-refractivity contribution in [2.45, 2.75) is 58.8 Å². The van der Waals surface area contributed by atoms with Gasteiger partial charge in [-0.05, 0) is 44.2 Å². The van der Waals surface area contributed by atoms with Gasteiger partial charge in [-0.2, -0.15) is 0 Å². The van der Waals surface area contributed by atoms with Gasteiger partial charge in [0.1, 0.15) is 0 Å². The molecule has 27 heavy (non-hydrogen) atoms. The maximum absolute atomic E-state index is 12.6. The summed E-state index contributed by atoms with van der Waals surface area (Å²) in [6.07, 6.45) is 7.92. The van der Waals surface area contributed by atoms with E-state index in [-0.39, 0.29) is 11.8 Å². The molecule has 0 radical (unpaired) electrons. The lowest BCUT2D eigenvalue weighted by molar-refractivity contribution is -0.120. The Balaban J connectivity index is 1.68. The third-order valence-corrected chi connectivity index (χ3v) is 6.22. The summed E-state index contributed by atoms with van der Waals surface area (Å²) in [5, 5.41) is 6.35. The number of carbonyl (C=O) groups is 1. The molecule has 3 rings (SSSR count). The van der Waals surface area contributed by atoms with Crippen LogP contribution in [0.3, 0.4) is 0 Å². The first-order valence-corrected chi connectivity index (χ1v) is 11.2. The number of amides is 1. The highest BCUT2D eigenvalue weighted by molar-refractivity contribution is 7.14. The Morgan fingerprint density at radius 3 is 2.81 bits per heavy atom. The first-order valence-electron chi connectivity index (χ1n) is 10.3. The lowest BCUT2D eigenvalue weighted by Crippen LogP contribution is -2.29. The summed E-state index contributed by atoms with van der Waals surface area (Å²) in [5.41, 5.74) is 2.92. The zero-order valence-electron chi connectivity index (χ0n) is 16.5. The van der Waals surface area contributed by atoms with Gasteiger partial charge in [0.05, 0.1) is 5.69 Å². The minimum Gasteiger partial charge on any atom is -0.348 e. The number of anilines is 2. The van der Waals surface area contributed by atoms with Gasteiger partial charge in [0.15, 0.2) is 5.13 Å². The molecule has 1 aromatic heterocycles. The van der Waals surface area contributed by atoms with Crippen molar-refractivity contribution in [2.24, 2.45) is 5.92 Å². The zero-order chi connectivity index (χ0) is 19.1. The number of thiazole rings is 1. The topological polar surface area (TPSA) is 45.2 Å². The Morgan fingerprint density at radius 1 is 1.26 bits per heavy atom. The monoisotopic (exact) mass is 385 g/mol. The molecule has 146 valence electrons. The fourth-order valence-electron chi connectivity index (χ4n) is 3.60. The van der Waals surface area contributed by atoms with Gasteiger partial charge < -0.3 is 10.2 Å². The minimum absolute atomic E-state index is 0.0959. The second-order valence-corrected chi connectivity index (χ2v) is 8.22. The Kier molecular flexibility index (Phi) is 7.27. The predicted octanol–water partition coefficient (Wildman–Crippen LogP) is 5.96. The smallest absolute Gasteiger partial charge is 0.227 e. The molecule has 4 nitrogen and oxygen atoms in total. The van der Waals surface area contributed by atoms with E-state index in [2.05, 4.69) is 35.5 Å². The molecule has 2 aromatic rings. The molecule has 0 bridgehead atoms. The van der Waals surface area contributed by atoms with Crippen molar-refractivity contribution in [3.05, 3.63) is 29.6 Å². The summed E-state index contributed by atoms with van der Waals surface area (Å²) in [4.78, 5) is 19.8. The molecule has 5 heteroatoms. The quantitative estimate of drug-likeness (QED) is 0.610. The molecule has 1 saturated heterocycles. The first kappa shape index (κ1) is 19.9. The number of nitrogens with one attached hydrogen (secondary N) is 1. The lowest BCUT2D eigenvalue weighted by atomic mass is 9.98. The van der Waals surface area contributed by atoms with E-state index in [9.17, 15) is 4.79 Å². The van der Waals surface area contributed by atoms with Gasteiger partial charge >= 0.3 is 0 Å². The second-order valence-electron chi connectivity index (χ2n) is 7.38. The third-order valence-electron chi connectivity index (χ3n) is 5.31. The maximum atomic E-state index is 12.6. The molecule has 1 fully saturated rings. The highest BCUT2D eigenvalue weighted by Gasteiger charge is 2.17. The molecule has 1 aromatic carbocycles. The Labute approximate surface area is 167 Å². The van der Waals surface area contributed by atoms with Gasteiger partial charge in [-0.25, -0.2) is 4.98 Å². The summed E-state index contributed by atoms with van der Waals surface area (Å²) in [7, 11) is 0. The van der Waals surface area contributed by atoms with Crippen molar-refractivity contribution in [2.75, 3.05) is 23.3 Å². The van der Waals surface area contributed by atoms with Gasteiger partial charge in [0, 0.05) is 35.6 Å². The minimum atomic E-state index is 0.0959. The van der Waals surface area contributed by atoms with E-state index in [1.165, 1.54) is 19.3 Å². The summed E-state index contributed by atoms with van der Waals surface area (Å²) >= 11 is 1.72. The molecule has 0 saturated carbocycles. The van der Waals surface area contributed by atoms with Gasteiger partial charge in [0.25, 0.3) is 0 Å². The standard InChI is InChI=1S/C22H31N3OS/c1-3-5-10-17(4-2)21(26)23-19-12-9-11-18(15-19)20-16-27-22(24-20)25-13-7-6-8-14-25/h9,11-12,15-17H,3-8,10,13-14H2,1-2H3,(H,23,26)/t17-/m0/s1. The average Bonchev–Trinajstić information content (AvgIpc) is 3.20. The van der Waals surface area contributed by atoms with E-state index in [1.807, 2.05) is 18.2 Å². The number of nitrogens with zero attached hydrogens (tertiary/aromatic N) is 2. The molecule has 1 N–H and O–H groups in total. The van der Waals surface area contributed by atoms with Crippen molar-refractivity contribution in [3.8, 4) is 11.3 Å². The summed E-state index contributed by atoms with van der Waals surface area (Å²) in [5.74, 6) is 0.231. The number of carbonyl (C=O) groups excluding carboxylic acids is 1. The fourth-order valence-corrected chi connectivity index (χ4v) is 4.49. The first-order chi connectivity index (χ1) is 13.2. The molecule has 1 aliphatic heterocycles. The molecular weight excluding hydrogens is 354 g/mol. The summed E-state index contributed by atoms with van der Waals surface area (Å²) in [6, 6.07) is 8.07. The Morgan fingerprint density at radius 2 is 2.07 bits per heavy atom. The van der Waals surface area contributed by atoms with E-state index in [1.54, 1.807) is 11.3 Å². The number of hydrogen-bond donors (Lipinski definition) is 1. The normalized spacial score (nSPS) is 15.6. The number of benzene rings is 1. The Bertz CT molecular complexity index is 737. The van der Waals surface area contributed by atoms with Crippen LogP contribution in [0.1, 0.15) is 58.8 Å². The van der Waals surface area contributed by atoms with E-state index in [4.69, 9.17) is 4.98 Å². The van der Waals surface area contributed by atoms with Crippen LogP contribution in [0.5, 0.6) is 0 Å². The molecule has 2 heterocycles. The molecule has 1 aliphatic rings. The van der Waals surface area contributed by atoms with Crippen LogP contribution in [0.2, 0.25) is 0 Å². The van der Waals surface area contributed by atoms with E-state index < -0.39 is 0 Å². The second kappa shape index (κ2) is 9.88. The fraction of sp³-hybridized carbons (Fsp3) is 0.545. The van der Waals surface area contributed by atoms with E-state index in [0.29, 0.717) is 0 Å². The summed E-state index contributed by atoms with van der Waals surface area (Å²) < 4.78 is 0. The van der Waals surface area contributed by atoms with Crippen molar-refractivity contribution < 1.29 is 4.79 Å². The lowest BCUT2D eigenvalue weighted by Gasteiger charge is -2.25. The molecule has 0 unspecified atom stereocenters. The van der Waals surface area contributed by atoms with Crippen LogP contribution in [0.15, 0.2) is 29.6 Å². The van der Waals surface area contributed by atoms with Crippen LogP contribution < -0.4 is 10.2 Å². The SMILES string of the molecule is CCCC[C@H](CC)C(=O)Nc1cccc(-c2csc(N3CCCCC3)n2)c1. The van der Waals surface area contributed by atoms with Crippen molar-refractivity contribution >= 4 is 28.1 Å². The number of rotatable bonds is 8. The van der Waals surface area contributed by atoms with Gasteiger partial charge in [0.2, 0.25) is 5.91 Å². The van der Waals surface area contributed by atoms with Crippen molar-refractivity contribution in [3.63, 3.8) is 0 Å².